The summed E-state index contributed by atoms with van der Waals surface area (Å²) >= 11 is 0. The number of benzene rings is 1. The highest BCUT2D eigenvalue weighted by atomic mass is 15.2. The van der Waals surface area contributed by atoms with Crippen LogP contribution in [-0.2, 0) is 13.1 Å². The van der Waals surface area contributed by atoms with Gasteiger partial charge in [-0.05, 0) is 49.6 Å². The first-order chi connectivity index (χ1) is 13.2. The van der Waals surface area contributed by atoms with Gasteiger partial charge in [0.25, 0.3) is 0 Å². The van der Waals surface area contributed by atoms with Crippen molar-refractivity contribution in [3.8, 4) is 0 Å². The highest BCUT2D eigenvalue weighted by molar-refractivity contribution is 5.86. The van der Waals surface area contributed by atoms with Crippen molar-refractivity contribution in [2.45, 2.75) is 45.3 Å². The van der Waals surface area contributed by atoms with Crippen molar-refractivity contribution in [1.82, 2.24) is 19.9 Å². The standard InChI is InChI=1S/C21H26N6/c1-15-4-2-3-11-27(15)13-17-7-5-16(6-8-17)12-23-20-18-9-10-19(22)26-21(18)25-14-24-20/h5-10,14-15H,2-4,11-13H2,1H3,(H3,22,23,24,25,26). The first-order valence-electron chi connectivity index (χ1n) is 9.62. The predicted molar refractivity (Wildman–Crippen MR) is 109 cm³/mol. The van der Waals surface area contributed by atoms with Crippen LogP contribution in [0.4, 0.5) is 11.6 Å². The van der Waals surface area contributed by atoms with E-state index >= 15 is 0 Å². The number of rotatable bonds is 5. The van der Waals surface area contributed by atoms with Crippen LogP contribution >= 0.6 is 0 Å². The maximum atomic E-state index is 5.73. The van der Waals surface area contributed by atoms with E-state index in [1.165, 1.54) is 43.3 Å². The van der Waals surface area contributed by atoms with E-state index in [1.54, 1.807) is 6.07 Å². The van der Waals surface area contributed by atoms with Gasteiger partial charge in [0.2, 0.25) is 0 Å². The number of piperidine rings is 1. The van der Waals surface area contributed by atoms with Gasteiger partial charge in [0, 0.05) is 19.1 Å². The van der Waals surface area contributed by atoms with Crippen molar-refractivity contribution >= 4 is 22.7 Å². The Kier molecular flexibility index (Phi) is 5.16. The molecule has 0 aliphatic carbocycles. The number of nitrogens with one attached hydrogen (secondary N) is 1. The maximum absolute atomic E-state index is 5.73. The minimum Gasteiger partial charge on any atom is -0.384 e. The molecule has 3 heterocycles. The number of nitrogens with two attached hydrogens (primary N) is 1. The fourth-order valence-electron chi connectivity index (χ4n) is 3.67. The number of nitrogen functional groups attached to an aromatic ring is 1. The van der Waals surface area contributed by atoms with Crippen LogP contribution in [0.1, 0.15) is 37.3 Å². The summed E-state index contributed by atoms with van der Waals surface area (Å²) in [6.07, 6.45) is 5.51. The molecular weight excluding hydrogens is 336 g/mol. The summed E-state index contributed by atoms with van der Waals surface area (Å²) in [4.78, 5) is 15.4. The van der Waals surface area contributed by atoms with Crippen molar-refractivity contribution in [2.24, 2.45) is 0 Å². The van der Waals surface area contributed by atoms with Gasteiger partial charge in [-0.15, -0.1) is 0 Å². The number of hydrogen-bond acceptors (Lipinski definition) is 6. The van der Waals surface area contributed by atoms with Gasteiger partial charge >= 0.3 is 0 Å². The molecule has 1 saturated heterocycles. The molecule has 1 aliphatic heterocycles. The summed E-state index contributed by atoms with van der Waals surface area (Å²) < 4.78 is 0. The van der Waals surface area contributed by atoms with Gasteiger partial charge in [0.15, 0.2) is 5.65 Å². The molecule has 27 heavy (non-hydrogen) atoms. The van der Waals surface area contributed by atoms with Gasteiger partial charge < -0.3 is 11.1 Å². The zero-order chi connectivity index (χ0) is 18.6. The Labute approximate surface area is 159 Å². The van der Waals surface area contributed by atoms with E-state index in [4.69, 9.17) is 5.73 Å². The fourth-order valence-corrected chi connectivity index (χ4v) is 3.67. The molecule has 0 amide bonds. The van der Waals surface area contributed by atoms with E-state index in [0.29, 0.717) is 24.1 Å². The zero-order valence-corrected chi connectivity index (χ0v) is 15.7. The Balaban J connectivity index is 1.40. The van der Waals surface area contributed by atoms with Crippen molar-refractivity contribution in [3.05, 3.63) is 53.9 Å². The third kappa shape index (κ3) is 4.17. The second-order valence-electron chi connectivity index (χ2n) is 7.31. The van der Waals surface area contributed by atoms with Crippen LogP contribution < -0.4 is 11.1 Å². The number of anilines is 2. The van der Waals surface area contributed by atoms with E-state index in [9.17, 15) is 0 Å². The van der Waals surface area contributed by atoms with Crippen molar-refractivity contribution in [1.29, 1.82) is 0 Å². The summed E-state index contributed by atoms with van der Waals surface area (Å²) in [6.45, 7) is 5.30. The molecule has 0 spiro atoms. The van der Waals surface area contributed by atoms with Gasteiger partial charge in [-0.25, -0.2) is 15.0 Å². The molecule has 4 rings (SSSR count). The zero-order valence-electron chi connectivity index (χ0n) is 15.7. The first-order valence-corrected chi connectivity index (χ1v) is 9.62. The van der Waals surface area contributed by atoms with E-state index < -0.39 is 0 Å². The molecule has 3 aromatic rings. The quantitative estimate of drug-likeness (QED) is 0.722. The lowest BCUT2D eigenvalue weighted by molar-refractivity contribution is 0.152. The van der Waals surface area contributed by atoms with Gasteiger partial charge in [-0.3, -0.25) is 4.90 Å². The van der Waals surface area contributed by atoms with Crippen LogP contribution in [0.15, 0.2) is 42.7 Å². The number of hydrogen-bond donors (Lipinski definition) is 2. The van der Waals surface area contributed by atoms with Crippen molar-refractivity contribution in [2.75, 3.05) is 17.6 Å². The molecule has 140 valence electrons. The Hall–Kier alpha value is -2.73. The van der Waals surface area contributed by atoms with Gasteiger partial charge in [-0.1, -0.05) is 30.7 Å². The van der Waals surface area contributed by atoms with Crippen molar-refractivity contribution < 1.29 is 0 Å². The Bertz CT molecular complexity index is 908. The minimum atomic E-state index is 0.464. The SMILES string of the molecule is CC1CCCCN1Cc1ccc(CNc2ncnc3nc(N)ccc23)cc1. The van der Waals surface area contributed by atoms with Crippen LogP contribution in [0.5, 0.6) is 0 Å². The average molecular weight is 362 g/mol. The molecule has 1 fully saturated rings. The Morgan fingerprint density at radius 3 is 2.70 bits per heavy atom. The fraction of sp³-hybridized carbons (Fsp3) is 0.381. The molecule has 1 atom stereocenters. The molecule has 1 aliphatic rings. The second kappa shape index (κ2) is 7.88. The summed E-state index contributed by atoms with van der Waals surface area (Å²) in [5, 5.41) is 4.27. The molecule has 2 aromatic heterocycles. The highest BCUT2D eigenvalue weighted by Crippen LogP contribution is 2.21. The van der Waals surface area contributed by atoms with E-state index in [2.05, 4.69) is 56.4 Å². The molecule has 0 radical (unpaired) electrons. The molecule has 6 nitrogen and oxygen atoms in total. The number of aromatic nitrogens is 3. The van der Waals surface area contributed by atoms with E-state index in [-0.39, 0.29) is 0 Å². The van der Waals surface area contributed by atoms with Crippen molar-refractivity contribution in [3.63, 3.8) is 0 Å². The first kappa shape index (κ1) is 17.7. The Morgan fingerprint density at radius 2 is 1.89 bits per heavy atom. The highest BCUT2D eigenvalue weighted by Gasteiger charge is 2.17. The smallest absolute Gasteiger partial charge is 0.166 e. The largest absolute Gasteiger partial charge is 0.384 e. The van der Waals surface area contributed by atoms with Gasteiger partial charge in [-0.2, -0.15) is 0 Å². The summed E-state index contributed by atoms with van der Waals surface area (Å²) in [5.74, 6) is 1.24. The normalized spacial score (nSPS) is 17.9. The maximum Gasteiger partial charge on any atom is 0.166 e. The van der Waals surface area contributed by atoms with Crippen LogP contribution in [0.25, 0.3) is 11.0 Å². The third-order valence-electron chi connectivity index (χ3n) is 5.33. The van der Waals surface area contributed by atoms with Gasteiger partial charge in [0.1, 0.15) is 18.0 Å². The number of likely N-dealkylation sites (tertiary alicyclic amines) is 1. The molecule has 0 saturated carbocycles. The predicted octanol–water partition coefficient (Wildman–Crippen LogP) is 3.59. The topological polar surface area (TPSA) is 80.0 Å². The lowest BCUT2D eigenvalue weighted by Gasteiger charge is -2.33. The summed E-state index contributed by atoms with van der Waals surface area (Å²) in [5.41, 5.74) is 8.94. The number of fused-ring (bicyclic) bond motifs is 1. The lowest BCUT2D eigenvalue weighted by atomic mass is 10.0. The Morgan fingerprint density at radius 1 is 1.07 bits per heavy atom. The molecule has 1 unspecified atom stereocenters. The number of nitrogens with zero attached hydrogens (tertiary/aromatic N) is 4. The van der Waals surface area contributed by atoms with Crippen LogP contribution in [0, 0.1) is 0 Å². The monoisotopic (exact) mass is 362 g/mol. The van der Waals surface area contributed by atoms with E-state index in [1.807, 2.05) is 6.07 Å². The van der Waals surface area contributed by atoms with Crippen LogP contribution in [-0.4, -0.2) is 32.4 Å². The van der Waals surface area contributed by atoms with Gasteiger partial charge in [0.05, 0.1) is 5.39 Å². The average Bonchev–Trinajstić information content (AvgIpc) is 2.69. The molecule has 6 heteroatoms. The minimum absolute atomic E-state index is 0.464. The third-order valence-corrected chi connectivity index (χ3v) is 5.33. The molecule has 1 aromatic carbocycles. The molecule has 3 N–H and O–H groups in total. The van der Waals surface area contributed by atoms with Crippen LogP contribution in [0.3, 0.4) is 0 Å². The summed E-state index contributed by atoms with van der Waals surface area (Å²) in [7, 11) is 0. The number of pyridine rings is 1. The second-order valence-corrected chi connectivity index (χ2v) is 7.31. The van der Waals surface area contributed by atoms with E-state index in [0.717, 1.165) is 17.7 Å². The lowest BCUT2D eigenvalue weighted by Crippen LogP contribution is -2.36. The molecular formula is C21H26N6. The van der Waals surface area contributed by atoms with Crippen LogP contribution in [0.2, 0.25) is 0 Å². The summed E-state index contributed by atoms with van der Waals surface area (Å²) in [6, 6.07) is 13.2. The molecule has 0 bridgehead atoms.